The zero-order valence-corrected chi connectivity index (χ0v) is 58.9. The van der Waals surface area contributed by atoms with Crippen molar-refractivity contribution < 1.29 is 0 Å². The molecule has 0 radical (unpaired) electrons. The van der Waals surface area contributed by atoms with Crippen molar-refractivity contribution in [2.45, 2.75) is 0 Å². The van der Waals surface area contributed by atoms with E-state index in [1.54, 1.807) is 0 Å². The van der Waals surface area contributed by atoms with Crippen LogP contribution in [0.5, 0.6) is 0 Å². The first-order valence-corrected chi connectivity index (χ1v) is 39.8. The Labute approximate surface area is 605 Å². The van der Waals surface area contributed by atoms with Gasteiger partial charge in [-0.3, -0.25) is 9.97 Å². The van der Waals surface area contributed by atoms with Gasteiger partial charge in [0, 0.05) is 32.3 Å². The summed E-state index contributed by atoms with van der Waals surface area (Å²) in [5.74, 6) is 0. The van der Waals surface area contributed by atoms with Gasteiger partial charge in [-0.05, 0) is 145 Å². The number of benzene rings is 16. The SMILES string of the molecule is c1ccc([Si](c2ccccc2)(c2ccccc2)c2ccc(-c3ccc4c(c3)c3cc(-c5cc6c7cc(-c8ccc([Si](c9ccccc9)(c9ccccc9)c9ccccc9)cc8)ccc7n(-c7cc8ccccc8c8ccccc78)c6cn5)ncc3n4-c3cc4ccccc4c4ccccc34)cc2)cc1. The Morgan fingerprint density at radius 2 is 0.442 bits per heavy atom. The standard InChI is InChI=1S/C98H66N4Si2/c1-7-29-73(30-8-1)103(74-31-9-2-10-32-74,75-33-11-3-12-34-75)79-53-47-67(48-54-79)69-51-57-93-87(59-69)89-63-91(99-65-97(89)101(93)95-61-71-27-19-21-41-81(71)83-43-23-25-45-85(83)95)92-64-90-88-60-70(52-58-94(88)102(98(90)66-100-92)96-62-72-28-20-22-42-82(72)84-44-24-26-46-86(84)96)68-49-55-80(56-50-68)104(76-35-13-4-14-36-76,77-37-15-5-16-38-77)78-39-17-6-18-40-78/h1-66H. The number of rotatable bonds is 13. The van der Waals surface area contributed by atoms with Gasteiger partial charge in [0.15, 0.2) is 16.1 Å². The normalized spacial score (nSPS) is 12.0. The Morgan fingerprint density at radius 1 is 0.183 bits per heavy atom. The lowest BCUT2D eigenvalue weighted by atomic mass is 10.00. The second kappa shape index (κ2) is 24.9. The molecule has 6 heteroatoms. The maximum absolute atomic E-state index is 5.49. The lowest BCUT2D eigenvalue weighted by Gasteiger charge is -2.34. The molecule has 0 N–H and O–H groups in total. The van der Waals surface area contributed by atoms with Gasteiger partial charge in [-0.25, -0.2) is 0 Å². The topological polar surface area (TPSA) is 35.6 Å². The van der Waals surface area contributed by atoms with Crippen LogP contribution in [0, 0.1) is 0 Å². The molecule has 20 aromatic rings. The molecule has 104 heavy (non-hydrogen) atoms. The molecule has 0 aliphatic carbocycles. The highest BCUT2D eigenvalue weighted by atomic mass is 28.3. The Balaban J connectivity index is 0.777. The highest BCUT2D eigenvalue weighted by molar-refractivity contribution is 7.20. The summed E-state index contributed by atoms with van der Waals surface area (Å²) in [4.78, 5) is 11.0. The number of hydrogen-bond donors (Lipinski definition) is 0. The fraction of sp³-hybridized carbons (Fsp3) is 0. The third-order valence-corrected chi connectivity index (χ3v) is 31.7. The van der Waals surface area contributed by atoms with Crippen molar-refractivity contribution in [3.63, 3.8) is 0 Å². The summed E-state index contributed by atoms with van der Waals surface area (Å²) in [7, 11) is -5.52. The highest BCUT2D eigenvalue weighted by Gasteiger charge is 2.43. The number of aromatic nitrogens is 4. The molecule has 4 aromatic heterocycles. The van der Waals surface area contributed by atoms with Crippen molar-refractivity contribution in [3.8, 4) is 45.0 Å². The zero-order valence-electron chi connectivity index (χ0n) is 56.9. The molecule has 4 heterocycles. The molecular weight excluding hydrogens is 1290 g/mol. The maximum atomic E-state index is 5.49. The van der Waals surface area contributed by atoms with Crippen LogP contribution in [0.3, 0.4) is 0 Å². The Morgan fingerprint density at radius 3 is 0.769 bits per heavy atom. The summed E-state index contributed by atoms with van der Waals surface area (Å²) in [6.07, 6.45) is 4.18. The number of nitrogens with zero attached hydrogens (tertiary/aromatic N) is 4. The van der Waals surface area contributed by atoms with Crippen LogP contribution in [-0.4, -0.2) is 35.2 Å². The van der Waals surface area contributed by atoms with Gasteiger partial charge < -0.3 is 9.13 Å². The van der Waals surface area contributed by atoms with Crippen molar-refractivity contribution in [2.75, 3.05) is 0 Å². The van der Waals surface area contributed by atoms with Crippen molar-refractivity contribution in [1.82, 2.24) is 19.1 Å². The fourth-order valence-corrected chi connectivity index (χ4v) is 26.9. The van der Waals surface area contributed by atoms with Gasteiger partial charge in [0.25, 0.3) is 0 Å². The van der Waals surface area contributed by atoms with Gasteiger partial charge >= 0.3 is 0 Å². The molecule has 4 nitrogen and oxygen atoms in total. The minimum atomic E-state index is -2.76. The first-order valence-electron chi connectivity index (χ1n) is 35.8. The average molecular weight is 1360 g/mol. The first kappa shape index (κ1) is 60.8. The molecule has 0 amide bonds. The Hall–Kier alpha value is -13.1. The van der Waals surface area contributed by atoms with Crippen LogP contribution in [0.25, 0.3) is 132 Å². The van der Waals surface area contributed by atoms with E-state index in [1.807, 2.05) is 0 Å². The number of hydrogen-bond acceptors (Lipinski definition) is 2. The maximum Gasteiger partial charge on any atom is 0.179 e. The lowest BCUT2D eigenvalue weighted by molar-refractivity contribution is 1.17. The summed E-state index contributed by atoms with van der Waals surface area (Å²) in [5.41, 5.74) is 12.6. The van der Waals surface area contributed by atoms with E-state index in [1.165, 1.54) is 84.6 Å². The Kier molecular flexibility index (Phi) is 14.6. The molecule has 0 atom stereocenters. The lowest BCUT2D eigenvalue weighted by Crippen LogP contribution is -2.74. The second-order valence-corrected chi connectivity index (χ2v) is 35.1. The summed E-state index contributed by atoms with van der Waals surface area (Å²) in [5, 5.41) is 24.9. The third-order valence-electron chi connectivity index (χ3n) is 22.1. The second-order valence-electron chi connectivity index (χ2n) is 27.5. The van der Waals surface area contributed by atoms with Crippen LogP contribution in [-0.2, 0) is 0 Å². The monoisotopic (exact) mass is 1350 g/mol. The zero-order chi connectivity index (χ0) is 68.7. The summed E-state index contributed by atoms with van der Waals surface area (Å²) >= 11 is 0. The van der Waals surface area contributed by atoms with Crippen LogP contribution in [0.1, 0.15) is 0 Å². The van der Waals surface area contributed by atoms with Crippen LogP contribution < -0.4 is 41.5 Å². The molecule has 16 aromatic carbocycles. The van der Waals surface area contributed by atoms with Crippen LogP contribution >= 0.6 is 0 Å². The van der Waals surface area contributed by atoms with E-state index in [2.05, 4.69) is 410 Å². The van der Waals surface area contributed by atoms with E-state index in [0.29, 0.717) is 0 Å². The molecule has 0 saturated heterocycles. The van der Waals surface area contributed by atoms with Crippen molar-refractivity contribution >= 4 is 144 Å². The quantitative estimate of drug-likeness (QED) is 0.0655. The van der Waals surface area contributed by atoms with E-state index >= 15 is 0 Å². The molecule has 0 bridgehead atoms. The predicted molar refractivity (Wildman–Crippen MR) is 444 cm³/mol. The molecule has 0 aliphatic rings. The predicted octanol–water partition coefficient (Wildman–Crippen LogP) is 19.0. The molecule has 486 valence electrons. The van der Waals surface area contributed by atoms with E-state index in [9.17, 15) is 0 Å². The molecule has 0 aliphatic heterocycles. The van der Waals surface area contributed by atoms with Crippen molar-refractivity contribution in [2.24, 2.45) is 0 Å². The van der Waals surface area contributed by atoms with E-state index in [-0.39, 0.29) is 0 Å². The Bertz CT molecular complexity index is 6080. The largest absolute Gasteiger partial charge is 0.307 e. The van der Waals surface area contributed by atoms with Gasteiger partial charge in [0.1, 0.15) is 0 Å². The smallest absolute Gasteiger partial charge is 0.179 e. The number of pyridine rings is 2. The van der Waals surface area contributed by atoms with Gasteiger partial charge in [0.2, 0.25) is 0 Å². The minimum absolute atomic E-state index is 0.798. The molecule has 0 saturated carbocycles. The van der Waals surface area contributed by atoms with E-state index in [4.69, 9.17) is 9.97 Å². The summed E-state index contributed by atoms with van der Waals surface area (Å²) < 4.78 is 4.89. The molecule has 0 spiro atoms. The van der Waals surface area contributed by atoms with E-state index in [0.717, 1.165) is 88.6 Å². The van der Waals surface area contributed by atoms with E-state index < -0.39 is 16.1 Å². The van der Waals surface area contributed by atoms with Crippen LogP contribution in [0.4, 0.5) is 0 Å². The fourth-order valence-electron chi connectivity index (χ4n) is 17.4. The van der Waals surface area contributed by atoms with Gasteiger partial charge in [-0.15, -0.1) is 0 Å². The minimum Gasteiger partial charge on any atom is -0.307 e. The third kappa shape index (κ3) is 9.64. The van der Waals surface area contributed by atoms with Crippen molar-refractivity contribution in [1.29, 1.82) is 0 Å². The van der Waals surface area contributed by atoms with Crippen molar-refractivity contribution in [3.05, 3.63) is 401 Å². The number of fused-ring (bicyclic) bond motifs is 12. The molecule has 20 rings (SSSR count). The molecule has 0 unspecified atom stereocenters. The van der Waals surface area contributed by atoms with Crippen LogP contribution in [0.2, 0.25) is 0 Å². The first-order chi connectivity index (χ1) is 51.6. The molecule has 0 fully saturated rings. The van der Waals surface area contributed by atoms with Gasteiger partial charge in [-0.2, -0.15) is 0 Å². The highest BCUT2D eigenvalue weighted by Crippen LogP contribution is 2.43. The summed E-state index contributed by atoms with van der Waals surface area (Å²) in [6, 6.07) is 145. The van der Waals surface area contributed by atoms with Gasteiger partial charge in [-0.1, -0.05) is 340 Å². The molecular formula is C98H66N4Si2. The summed E-state index contributed by atoms with van der Waals surface area (Å²) in [6.45, 7) is 0. The van der Waals surface area contributed by atoms with Crippen LogP contribution in [0.15, 0.2) is 401 Å². The van der Waals surface area contributed by atoms with Gasteiger partial charge in [0.05, 0.1) is 57.2 Å². The average Bonchev–Trinajstić information content (AvgIpc) is 1.34.